The van der Waals surface area contributed by atoms with Crippen LogP contribution >= 0.6 is 15.9 Å². The van der Waals surface area contributed by atoms with E-state index in [-0.39, 0.29) is 11.3 Å². The number of ether oxygens (including phenoxy) is 2. The lowest BCUT2D eigenvalue weighted by Gasteiger charge is -2.09. The van der Waals surface area contributed by atoms with E-state index < -0.39 is 11.9 Å². The molecule has 31 heavy (non-hydrogen) atoms. The van der Waals surface area contributed by atoms with E-state index in [1.807, 2.05) is 6.07 Å². The average Bonchev–Trinajstić information content (AvgIpc) is 2.80. The standard InChI is InChI=1S/C24H17BrN2O4/c1-30-21-12-6-16(7-13-21)24(29)31-22-5-3-2-4-17(22)14-18(15-26)23(28)27-20-10-8-19(25)9-11-20/h2-14H,1H3,(H,27,28)/b18-14+. The van der Waals surface area contributed by atoms with Gasteiger partial charge in [-0.15, -0.1) is 0 Å². The van der Waals surface area contributed by atoms with Gasteiger partial charge in [0.15, 0.2) is 0 Å². The molecule has 0 saturated carbocycles. The molecule has 6 nitrogen and oxygen atoms in total. The molecule has 0 fully saturated rings. The Labute approximate surface area is 187 Å². The van der Waals surface area contributed by atoms with Gasteiger partial charge in [0.1, 0.15) is 23.1 Å². The van der Waals surface area contributed by atoms with Crippen LogP contribution in [0.25, 0.3) is 6.08 Å². The zero-order valence-corrected chi connectivity index (χ0v) is 18.0. The van der Waals surface area contributed by atoms with Gasteiger partial charge in [-0.3, -0.25) is 4.79 Å². The molecule has 0 spiro atoms. The van der Waals surface area contributed by atoms with E-state index in [9.17, 15) is 14.9 Å². The molecule has 0 unspecified atom stereocenters. The first-order valence-corrected chi connectivity index (χ1v) is 9.93. The lowest BCUT2D eigenvalue weighted by Crippen LogP contribution is -2.13. The molecule has 0 aliphatic carbocycles. The molecular weight excluding hydrogens is 460 g/mol. The minimum absolute atomic E-state index is 0.129. The molecule has 1 amide bonds. The van der Waals surface area contributed by atoms with Crippen molar-refractivity contribution >= 4 is 39.6 Å². The third kappa shape index (κ3) is 5.81. The van der Waals surface area contributed by atoms with Crippen molar-refractivity contribution in [2.75, 3.05) is 12.4 Å². The Bertz CT molecular complexity index is 1160. The number of methoxy groups -OCH3 is 1. The Morgan fingerprint density at radius 2 is 1.68 bits per heavy atom. The van der Waals surface area contributed by atoms with E-state index in [1.165, 1.54) is 13.2 Å². The summed E-state index contributed by atoms with van der Waals surface area (Å²) in [6, 6.07) is 22.0. The van der Waals surface area contributed by atoms with E-state index in [4.69, 9.17) is 9.47 Å². The number of esters is 1. The van der Waals surface area contributed by atoms with Crippen LogP contribution in [-0.4, -0.2) is 19.0 Å². The number of nitrogens with one attached hydrogen (secondary N) is 1. The Kier molecular flexibility index (Phi) is 7.20. The highest BCUT2D eigenvalue weighted by Gasteiger charge is 2.14. The van der Waals surface area contributed by atoms with Crippen LogP contribution in [0.15, 0.2) is 82.8 Å². The first-order chi connectivity index (χ1) is 15.0. The average molecular weight is 477 g/mol. The highest BCUT2D eigenvalue weighted by Crippen LogP contribution is 2.23. The third-order valence-corrected chi connectivity index (χ3v) is 4.74. The first-order valence-electron chi connectivity index (χ1n) is 9.14. The van der Waals surface area contributed by atoms with E-state index in [1.54, 1.807) is 72.8 Å². The van der Waals surface area contributed by atoms with Gasteiger partial charge < -0.3 is 14.8 Å². The summed E-state index contributed by atoms with van der Waals surface area (Å²) in [6.45, 7) is 0. The number of anilines is 1. The SMILES string of the molecule is COc1ccc(C(=O)Oc2ccccc2/C=C(\C#N)C(=O)Nc2ccc(Br)cc2)cc1. The first kappa shape index (κ1) is 21.8. The summed E-state index contributed by atoms with van der Waals surface area (Å²) in [5.41, 5.74) is 1.18. The van der Waals surface area contributed by atoms with Crippen LogP contribution in [0.4, 0.5) is 5.69 Å². The number of carbonyl (C=O) groups excluding carboxylic acids is 2. The van der Waals surface area contributed by atoms with Crippen LogP contribution in [0, 0.1) is 11.3 Å². The summed E-state index contributed by atoms with van der Waals surface area (Å²) < 4.78 is 11.4. The van der Waals surface area contributed by atoms with E-state index in [0.29, 0.717) is 22.6 Å². The van der Waals surface area contributed by atoms with Crippen molar-refractivity contribution in [3.05, 3.63) is 94.0 Å². The second-order valence-corrected chi connectivity index (χ2v) is 7.20. The zero-order valence-electron chi connectivity index (χ0n) is 16.5. The largest absolute Gasteiger partial charge is 0.497 e. The molecule has 0 bridgehead atoms. The van der Waals surface area contributed by atoms with Crippen LogP contribution < -0.4 is 14.8 Å². The van der Waals surface area contributed by atoms with Crippen LogP contribution in [0.2, 0.25) is 0 Å². The molecule has 0 aliphatic rings. The normalized spacial score (nSPS) is 10.7. The Balaban J connectivity index is 1.80. The molecule has 0 saturated heterocycles. The summed E-state index contributed by atoms with van der Waals surface area (Å²) in [6.07, 6.45) is 1.38. The molecule has 154 valence electrons. The van der Waals surface area contributed by atoms with Crippen LogP contribution in [-0.2, 0) is 4.79 Å². The second-order valence-electron chi connectivity index (χ2n) is 6.29. The maximum atomic E-state index is 12.5. The highest BCUT2D eigenvalue weighted by molar-refractivity contribution is 9.10. The van der Waals surface area contributed by atoms with Crippen molar-refractivity contribution in [2.24, 2.45) is 0 Å². The minimum atomic E-state index is -0.568. The number of carbonyl (C=O) groups is 2. The molecule has 1 N–H and O–H groups in total. The number of nitriles is 1. The summed E-state index contributed by atoms with van der Waals surface area (Å²) in [7, 11) is 1.54. The zero-order chi connectivity index (χ0) is 22.2. The lowest BCUT2D eigenvalue weighted by atomic mass is 10.1. The van der Waals surface area contributed by atoms with Gasteiger partial charge in [0.25, 0.3) is 5.91 Å². The maximum Gasteiger partial charge on any atom is 0.343 e. The number of para-hydroxylation sites is 1. The number of benzene rings is 3. The summed E-state index contributed by atoms with van der Waals surface area (Å²) in [5.74, 6) is -0.287. The smallest absolute Gasteiger partial charge is 0.343 e. The number of amides is 1. The molecule has 3 aromatic rings. The molecule has 0 aliphatic heterocycles. The topological polar surface area (TPSA) is 88.4 Å². The fraction of sp³-hybridized carbons (Fsp3) is 0.0417. The van der Waals surface area contributed by atoms with Gasteiger partial charge in [0.2, 0.25) is 0 Å². The van der Waals surface area contributed by atoms with Gasteiger partial charge in [0, 0.05) is 15.7 Å². The van der Waals surface area contributed by atoms with Crippen LogP contribution in [0.3, 0.4) is 0 Å². The van der Waals surface area contributed by atoms with Crippen molar-refractivity contribution in [1.29, 1.82) is 5.26 Å². The summed E-state index contributed by atoms with van der Waals surface area (Å²) >= 11 is 3.33. The minimum Gasteiger partial charge on any atom is -0.497 e. The molecule has 7 heteroatoms. The predicted molar refractivity (Wildman–Crippen MR) is 121 cm³/mol. The van der Waals surface area contributed by atoms with Gasteiger partial charge in [0.05, 0.1) is 12.7 Å². The molecule has 3 rings (SSSR count). The monoisotopic (exact) mass is 476 g/mol. The van der Waals surface area contributed by atoms with Gasteiger partial charge in [-0.1, -0.05) is 34.1 Å². The number of rotatable bonds is 6. The summed E-state index contributed by atoms with van der Waals surface area (Å²) in [5, 5.41) is 12.1. The number of nitrogens with zero attached hydrogens (tertiary/aromatic N) is 1. The predicted octanol–water partition coefficient (Wildman–Crippen LogP) is 5.22. The quantitative estimate of drug-likeness (QED) is 0.228. The highest BCUT2D eigenvalue weighted by atomic mass is 79.9. The van der Waals surface area contributed by atoms with Crippen molar-refractivity contribution in [3.63, 3.8) is 0 Å². The summed E-state index contributed by atoms with van der Waals surface area (Å²) in [4.78, 5) is 25.0. The van der Waals surface area contributed by atoms with Gasteiger partial charge >= 0.3 is 5.97 Å². The molecule has 0 atom stereocenters. The van der Waals surface area contributed by atoms with Crippen molar-refractivity contribution in [2.45, 2.75) is 0 Å². The third-order valence-electron chi connectivity index (χ3n) is 4.21. The fourth-order valence-electron chi connectivity index (χ4n) is 2.61. The Morgan fingerprint density at radius 1 is 1.00 bits per heavy atom. The number of halogens is 1. The van der Waals surface area contributed by atoms with Crippen LogP contribution in [0.5, 0.6) is 11.5 Å². The van der Waals surface area contributed by atoms with Gasteiger partial charge in [-0.05, 0) is 60.7 Å². The Hall–Kier alpha value is -3.89. The van der Waals surface area contributed by atoms with Crippen molar-refractivity contribution < 1.29 is 19.1 Å². The molecular formula is C24H17BrN2O4. The van der Waals surface area contributed by atoms with Gasteiger partial charge in [-0.2, -0.15) is 5.26 Å². The van der Waals surface area contributed by atoms with Crippen LogP contribution in [0.1, 0.15) is 15.9 Å². The van der Waals surface area contributed by atoms with E-state index in [2.05, 4.69) is 21.2 Å². The number of hydrogen-bond donors (Lipinski definition) is 1. The van der Waals surface area contributed by atoms with Gasteiger partial charge in [-0.25, -0.2) is 4.79 Å². The Morgan fingerprint density at radius 3 is 2.32 bits per heavy atom. The maximum absolute atomic E-state index is 12.5. The van der Waals surface area contributed by atoms with E-state index in [0.717, 1.165) is 4.47 Å². The fourth-order valence-corrected chi connectivity index (χ4v) is 2.88. The molecule has 3 aromatic carbocycles. The molecule has 0 aromatic heterocycles. The number of hydrogen-bond acceptors (Lipinski definition) is 5. The van der Waals surface area contributed by atoms with Crippen molar-refractivity contribution in [1.82, 2.24) is 0 Å². The second kappa shape index (κ2) is 10.2. The molecule has 0 radical (unpaired) electrons. The van der Waals surface area contributed by atoms with E-state index >= 15 is 0 Å². The molecule has 0 heterocycles. The van der Waals surface area contributed by atoms with Crippen molar-refractivity contribution in [3.8, 4) is 17.6 Å². The lowest BCUT2D eigenvalue weighted by molar-refractivity contribution is -0.112.